The van der Waals surface area contributed by atoms with Crippen molar-refractivity contribution in [2.45, 2.75) is 38.7 Å². The molecule has 1 fully saturated rings. The molecule has 0 aromatic heterocycles. The summed E-state index contributed by atoms with van der Waals surface area (Å²) >= 11 is 0. The van der Waals surface area contributed by atoms with E-state index in [1.165, 1.54) is 25.9 Å². The Hall–Kier alpha value is -1.39. The van der Waals surface area contributed by atoms with E-state index in [0.29, 0.717) is 0 Å². The molecule has 0 spiro atoms. The monoisotopic (exact) mass is 304 g/mol. The number of carbonyl (C=O) groups excluding carboxylic acids is 1. The minimum atomic E-state index is -0.714. The lowest BCUT2D eigenvalue weighted by molar-refractivity contribution is -0.123. The second-order valence-corrected chi connectivity index (χ2v) is 6.15. The summed E-state index contributed by atoms with van der Waals surface area (Å²) in [4.78, 5) is 14.4. The van der Waals surface area contributed by atoms with Crippen LogP contribution in [0.1, 0.15) is 44.3 Å². The van der Waals surface area contributed by atoms with Gasteiger partial charge in [-0.25, -0.2) is 0 Å². The standard InChI is InChI=1S/C18H28N2O2/c1-2-20-12-9-15(10-13-20)8-11-19-18(22)14-17(21)16-6-4-3-5-7-16/h3-7,15,17,21H,2,8-14H2,1H3,(H,19,22). The number of hydrogen-bond acceptors (Lipinski definition) is 3. The molecule has 0 saturated carbocycles. The molecule has 4 nitrogen and oxygen atoms in total. The molecule has 1 aromatic carbocycles. The molecular formula is C18H28N2O2. The van der Waals surface area contributed by atoms with Gasteiger partial charge in [-0.05, 0) is 50.4 Å². The van der Waals surface area contributed by atoms with Crippen molar-refractivity contribution in [2.24, 2.45) is 5.92 Å². The van der Waals surface area contributed by atoms with Crippen LogP contribution in [0.2, 0.25) is 0 Å². The molecule has 1 saturated heterocycles. The summed E-state index contributed by atoms with van der Waals surface area (Å²) in [7, 11) is 0. The normalized spacial score (nSPS) is 18.1. The van der Waals surface area contributed by atoms with Gasteiger partial charge >= 0.3 is 0 Å². The number of carbonyl (C=O) groups is 1. The lowest BCUT2D eigenvalue weighted by Gasteiger charge is -2.31. The molecule has 122 valence electrons. The van der Waals surface area contributed by atoms with E-state index >= 15 is 0 Å². The maximum atomic E-state index is 11.9. The first-order valence-electron chi connectivity index (χ1n) is 8.41. The van der Waals surface area contributed by atoms with Crippen LogP contribution in [0.3, 0.4) is 0 Å². The van der Waals surface area contributed by atoms with Gasteiger partial charge in [0.1, 0.15) is 0 Å². The highest BCUT2D eigenvalue weighted by Crippen LogP contribution is 2.20. The summed E-state index contributed by atoms with van der Waals surface area (Å²) in [6, 6.07) is 9.34. The van der Waals surface area contributed by atoms with Crippen LogP contribution in [-0.4, -0.2) is 42.1 Å². The number of aliphatic hydroxyl groups excluding tert-OH is 1. The van der Waals surface area contributed by atoms with Gasteiger partial charge in [-0.2, -0.15) is 0 Å². The molecule has 1 unspecified atom stereocenters. The Labute approximate surface area is 133 Å². The van der Waals surface area contributed by atoms with Gasteiger partial charge in [-0.15, -0.1) is 0 Å². The Balaban J connectivity index is 1.62. The molecule has 0 bridgehead atoms. The van der Waals surface area contributed by atoms with Crippen molar-refractivity contribution in [3.05, 3.63) is 35.9 Å². The zero-order chi connectivity index (χ0) is 15.8. The Morgan fingerprint density at radius 2 is 2.00 bits per heavy atom. The summed E-state index contributed by atoms with van der Waals surface area (Å²) in [6.07, 6.45) is 2.93. The van der Waals surface area contributed by atoms with Crippen molar-refractivity contribution in [3.8, 4) is 0 Å². The predicted molar refractivity (Wildman–Crippen MR) is 88.5 cm³/mol. The SMILES string of the molecule is CCN1CCC(CCNC(=O)CC(O)c2ccccc2)CC1. The number of benzene rings is 1. The molecule has 0 aliphatic carbocycles. The number of piperidine rings is 1. The average molecular weight is 304 g/mol. The first-order valence-corrected chi connectivity index (χ1v) is 8.41. The molecule has 1 aliphatic rings. The van der Waals surface area contributed by atoms with E-state index in [1.807, 2.05) is 30.3 Å². The summed E-state index contributed by atoms with van der Waals surface area (Å²) in [5, 5.41) is 13.0. The lowest BCUT2D eigenvalue weighted by atomic mass is 9.93. The predicted octanol–water partition coefficient (Wildman–Crippen LogP) is 2.35. The molecule has 2 N–H and O–H groups in total. The van der Waals surface area contributed by atoms with E-state index in [-0.39, 0.29) is 12.3 Å². The average Bonchev–Trinajstić information content (AvgIpc) is 2.56. The van der Waals surface area contributed by atoms with E-state index in [4.69, 9.17) is 0 Å². The molecule has 1 atom stereocenters. The van der Waals surface area contributed by atoms with E-state index < -0.39 is 6.10 Å². The molecular weight excluding hydrogens is 276 g/mol. The maximum Gasteiger partial charge on any atom is 0.222 e. The molecule has 4 heteroatoms. The van der Waals surface area contributed by atoms with Gasteiger partial charge in [0.25, 0.3) is 0 Å². The maximum absolute atomic E-state index is 11.9. The van der Waals surface area contributed by atoms with Crippen molar-refractivity contribution in [1.29, 1.82) is 0 Å². The molecule has 1 aliphatic heterocycles. The van der Waals surface area contributed by atoms with Crippen LogP contribution in [0, 0.1) is 5.92 Å². The zero-order valence-corrected chi connectivity index (χ0v) is 13.5. The summed E-state index contributed by atoms with van der Waals surface area (Å²) in [5.41, 5.74) is 0.796. The third-order valence-electron chi connectivity index (χ3n) is 4.59. The van der Waals surface area contributed by atoms with Crippen LogP contribution in [0.4, 0.5) is 0 Å². The van der Waals surface area contributed by atoms with Gasteiger partial charge in [-0.3, -0.25) is 4.79 Å². The number of hydrogen-bond donors (Lipinski definition) is 2. The first-order chi connectivity index (χ1) is 10.7. The van der Waals surface area contributed by atoms with Crippen LogP contribution < -0.4 is 5.32 Å². The Morgan fingerprint density at radius 3 is 2.64 bits per heavy atom. The van der Waals surface area contributed by atoms with Crippen molar-refractivity contribution < 1.29 is 9.90 Å². The van der Waals surface area contributed by atoms with Gasteiger partial charge in [0.2, 0.25) is 5.91 Å². The van der Waals surface area contributed by atoms with Crippen molar-refractivity contribution in [1.82, 2.24) is 10.2 Å². The Kier molecular flexibility index (Phi) is 6.87. The van der Waals surface area contributed by atoms with Crippen molar-refractivity contribution in [2.75, 3.05) is 26.2 Å². The van der Waals surface area contributed by atoms with Crippen molar-refractivity contribution in [3.63, 3.8) is 0 Å². The van der Waals surface area contributed by atoms with Crippen molar-refractivity contribution >= 4 is 5.91 Å². The van der Waals surface area contributed by atoms with Gasteiger partial charge in [0.15, 0.2) is 0 Å². The molecule has 1 heterocycles. The van der Waals surface area contributed by atoms with Gasteiger partial charge in [-0.1, -0.05) is 37.3 Å². The second kappa shape index (κ2) is 8.91. The number of nitrogens with zero attached hydrogens (tertiary/aromatic N) is 1. The van der Waals surface area contributed by atoms with Gasteiger partial charge in [0.05, 0.1) is 12.5 Å². The van der Waals surface area contributed by atoms with Gasteiger partial charge < -0.3 is 15.3 Å². The van der Waals surface area contributed by atoms with E-state index in [0.717, 1.165) is 31.0 Å². The Morgan fingerprint density at radius 1 is 1.32 bits per heavy atom. The van der Waals surface area contributed by atoms with Gasteiger partial charge in [0, 0.05) is 6.54 Å². The summed E-state index contributed by atoms with van der Waals surface area (Å²) < 4.78 is 0. The van der Waals surface area contributed by atoms with E-state index in [1.54, 1.807) is 0 Å². The molecule has 2 rings (SSSR count). The number of nitrogens with one attached hydrogen (secondary N) is 1. The number of likely N-dealkylation sites (tertiary alicyclic amines) is 1. The van der Waals surface area contributed by atoms with Crippen LogP contribution >= 0.6 is 0 Å². The van der Waals surface area contributed by atoms with Crippen LogP contribution in [0.5, 0.6) is 0 Å². The minimum Gasteiger partial charge on any atom is -0.388 e. The molecule has 22 heavy (non-hydrogen) atoms. The molecule has 1 amide bonds. The molecule has 1 aromatic rings. The highest BCUT2D eigenvalue weighted by molar-refractivity contribution is 5.76. The zero-order valence-electron chi connectivity index (χ0n) is 13.5. The second-order valence-electron chi connectivity index (χ2n) is 6.15. The minimum absolute atomic E-state index is 0.0673. The fourth-order valence-corrected chi connectivity index (χ4v) is 3.05. The lowest BCUT2D eigenvalue weighted by Crippen LogP contribution is -2.35. The fraction of sp³-hybridized carbons (Fsp3) is 0.611. The highest BCUT2D eigenvalue weighted by Gasteiger charge is 2.18. The topological polar surface area (TPSA) is 52.6 Å². The first kappa shape index (κ1) is 17.0. The highest BCUT2D eigenvalue weighted by atomic mass is 16.3. The third-order valence-corrected chi connectivity index (χ3v) is 4.59. The number of amides is 1. The third kappa shape index (κ3) is 5.43. The van der Waals surface area contributed by atoms with Crippen LogP contribution in [0.15, 0.2) is 30.3 Å². The van der Waals surface area contributed by atoms with E-state index in [2.05, 4.69) is 17.1 Å². The van der Waals surface area contributed by atoms with Crippen LogP contribution in [0.25, 0.3) is 0 Å². The molecule has 0 radical (unpaired) electrons. The summed E-state index contributed by atoms with van der Waals surface area (Å²) in [5.74, 6) is 0.657. The van der Waals surface area contributed by atoms with Crippen LogP contribution in [-0.2, 0) is 4.79 Å². The smallest absolute Gasteiger partial charge is 0.222 e. The quantitative estimate of drug-likeness (QED) is 0.813. The fourth-order valence-electron chi connectivity index (χ4n) is 3.05. The summed E-state index contributed by atoms with van der Waals surface area (Å²) in [6.45, 7) is 6.43. The largest absolute Gasteiger partial charge is 0.388 e. The number of aliphatic hydroxyl groups is 1. The van der Waals surface area contributed by atoms with E-state index in [9.17, 15) is 9.90 Å². The number of rotatable bonds is 7. The Bertz CT molecular complexity index is 442.